The predicted octanol–water partition coefficient (Wildman–Crippen LogP) is 2.96. The van der Waals surface area contributed by atoms with Gasteiger partial charge in [0.2, 0.25) is 5.00 Å². The van der Waals surface area contributed by atoms with Crippen LogP contribution in [0.3, 0.4) is 0 Å². The number of hydrogen-bond donors (Lipinski definition) is 0. The number of thioether (sulfide) groups is 2. The summed E-state index contributed by atoms with van der Waals surface area (Å²) in [5.74, 6) is 0. The van der Waals surface area contributed by atoms with Crippen molar-refractivity contribution in [1.82, 2.24) is 0 Å². The molecule has 0 bridgehead atoms. The molecule has 0 aromatic heterocycles. The normalized spacial score (nSPS) is 40.7. The van der Waals surface area contributed by atoms with Crippen LogP contribution in [-0.4, -0.2) is 15.0 Å². The molecule has 1 rings (SSSR count). The zero-order chi connectivity index (χ0) is 7.78. The molecule has 2 atom stereocenters. The van der Waals surface area contributed by atoms with Gasteiger partial charge in [-0.25, -0.2) is 8.78 Å². The average Bonchev–Trinajstić information content (AvgIpc) is 2.09. The summed E-state index contributed by atoms with van der Waals surface area (Å²) in [6.45, 7) is 1.53. The fourth-order valence-corrected chi connectivity index (χ4v) is 2.79. The molecule has 0 spiro atoms. The lowest BCUT2D eigenvalue weighted by Gasteiger charge is -2.15. The maximum absolute atomic E-state index is 13.0. The minimum atomic E-state index is -1.97. The van der Waals surface area contributed by atoms with Crippen molar-refractivity contribution in [1.29, 1.82) is 0 Å². The summed E-state index contributed by atoms with van der Waals surface area (Å²) in [5, 5.41) is -1.97. The van der Waals surface area contributed by atoms with Gasteiger partial charge in [0.15, 0.2) is 5.50 Å². The Hall–Kier alpha value is 0.230. The fraction of sp³-hybridized carbons (Fsp3) is 0.800. The van der Waals surface area contributed by atoms with Crippen LogP contribution in [0, 0.1) is 0 Å². The molecule has 0 radical (unpaired) electrons. The smallest absolute Gasteiger partial charge is 0.252 e. The van der Waals surface area contributed by atoms with Crippen molar-refractivity contribution in [3.05, 3.63) is 0 Å². The minimum Gasteiger partial charge on any atom is -0.274 e. The number of rotatable bonds is 1. The van der Waals surface area contributed by atoms with Crippen LogP contribution in [0.15, 0.2) is 0 Å². The largest absolute Gasteiger partial charge is 0.274 e. The van der Waals surface area contributed by atoms with Crippen molar-refractivity contribution in [2.45, 2.75) is 23.8 Å². The van der Waals surface area contributed by atoms with Gasteiger partial charge in [-0.15, -0.1) is 0 Å². The first-order valence-electron chi connectivity index (χ1n) is 2.81. The van der Waals surface area contributed by atoms with E-state index < -0.39 is 15.0 Å². The molecule has 1 saturated heterocycles. The molecular formula is C5H6F2OS2. The molecule has 0 aromatic carbocycles. The Bertz CT molecular complexity index is 164. The van der Waals surface area contributed by atoms with Crippen molar-refractivity contribution < 1.29 is 13.6 Å². The first kappa shape index (κ1) is 8.33. The second kappa shape index (κ2) is 2.70. The highest BCUT2D eigenvalue weighted by atomic mass is 32.2. The van der Waals surface area contributed by atoms with E-state index in [1.54, 1.807) is 0 Å². The van der Waals surface area contributed by atoms with Crippen molar-refractivity contribution in [2.75, 3.05) is 0 Å². The number of hydrogen-bond acceptors (Lipinski definition) is 3. The van der Waals surface area contributed by atoms with Crippen LogP contribution < -0.4 is 0 Å². The Morgan fingerprint density at radius 1 is 1.80 bits per heavy atom. The molecule has 2 unspecified atom stereocenters. The molecule has 0 aliphatic carbocycles. The number of alkyl halides is 2. The third kappa shape index (κ3) is 1.29. The Morgan fingerprint density at radius 3 is 2.60 bits per heavy atom. The van der Waals surface area contributed by atoms with Gasteiger partial charge in [0.25, 0.3) is 4.45 Å². The minimum absolute atomic E-state index is 0.0393. The summed E-state index contributed by atoms with van der Waals surface area (Å²) in [6.07, 6.45) is 0.0393. The molecule has 10 heavy (non-hydrogen) atoms. The Balaban J connectivity index is 2.70. The zero-order valence-electron chi connectivity index (χ0n) is 5.27. The van der Waals surface area contributed by atoms with Crippen molar-refractivity contribution in [3.63, 3.8) is 0 Å². The van der Waals surface area contributed by atoms with Crippen LogP contribution in [0.4, 0.5) is 13.6 Å². The lowest BCUT2D eigenvalue weighted by molar-refractivity contribution is 0.197. The lowest BCUT2D eigenvalue weighted by atomic mass is 10.3. The van der Waals surface area contributed by atoms with E-state index in [9.17, 15) is 13.6 Å². The van der Waals surface area contributed by atoms with E-state index in [0.29, 0.717) is 23.5 Å². The van der Waals surface area contributed by atoms with Gasteiger partial charge in [-0.05, 0) is 29.9 Å². The van der Waals surface area contributed by atoms with Gasteiger partial charge in [-0.3, -0.25) is 4.79 Å². The van der Waals surface area contributed by atoms with Gasteiger partial charge in [0, 0.05) is 0 Å². The molecule has 1 fully saturated rings. The summed E-state index contributed by atoms with van der Waals surface area (Å²) in [5.41, 5.74) is -1.69. The van der Waals surface area contributed by atoms with Gasteiger partial charge >= 0.3 is 0 Å². The molecular weight excluding hydrogens is 178 g/mol. The van der Waals surface area contributed by atoms with Crippen molar-refractivity contribution in [2.24, 2.45) is 0 Å². The summed E-state index contributed by atoms with van der Waals surface area (Å²) in [6, 6.07) is 0. The van der Waals surface area contributed by atoms with E-state index in [-0.39, 0.29) is 6.42 Å². The SMILES string of the molecule is CCC1(F)SC(=O)SC1F. The van der Waals surface area contributed by atoms with E-state index >= 15 is 0 Å². The first-order chi connectivity index (χ1) is 4.58. The first-order valence-corrected chi connectivity index (χ1v) is 4.50. The van der Waals surface area contributed by atoms with Crippen LogP contribution in [0.2, 0.25) is 0 Å². The standard InChI is InChI=1S/C5H6F2OS2/c1-2-5(7)3(6)9-4(8)10-5/h3H,2H2,1H3. The highest BCUT2D eigenvalue weighted by molar-refractivity contribution is 8.42. The van der Waals surface area contributed by atoms with E-state index in [4.69, 9.17) is 0 Å². The maximum atomic E-state index is 13.0. The number of carbonyl (C=O) groups excluding carboxylic acids is 1. The Morgan fingerprint density at radius 2 is 2.40 bits per heavy atom. The predicted molar refractivity (Wildman–Crippen MR) is 39.6 cm³/mol. The Kier molecular flexibility index (Phi) is 2.24. The van der Waals surface area contributed by atoms with E-state index in [1.807, 2.05) is 0 Å². The topological polar surface area (TPSA) is 17.1 Å². The van der Waals surface area contributed by atoms with Crippen LogP contribution in [0.1, 0.15) is 13.3 Å². The molecule has 0 amide bonds. The van der Waals surface area contributed by atoms with E-state index in [2.05, 4.69) is 0 Å². The molecule has 1 aliphatic rings. The third-order valence-corrected chi connectivity index (χ3v) is 3.74. The van der Waals surface area contributed by atoms with Gasteiger partial charge in [-0.2, -0.15) is 0 Å². The monoisotopic (exact) mass is 184 g/mol. The summed E-state index contributed by atoms with van der Waals surface area (Å²) in [4.78, 5) is 10.5. The molecule has 0 N–H and O–H groups in total. The Labute approximate surface area is 65.9 Å². The summed E-state index contributed by atoms with van der Waals surface area (Å²) in [7, 11) is 0. The molecule has 5 heteroatoms. The van der Waals surface area contributed by atoms with Crippen LogP contribution in [-0.2, 0) is 0 Å². The highest BCUT2D eigenvalue weighted by Crippen LogP contribution is 2.51. The quantitative estimate of drug-likeness (QED) is 0.623. The van der Waals surface area contributed by atoms with E-state index in [0.717, 1.165) is 0 Å². The van der Waals surface area contributed by atoms with Crippen LogP contribution in [0.25, 0.3) is 0 Å². The zero-order valence-corrected chi connectivity index (χ0v) is 6.90. The second-order valence-corrected chi connectivity index (χ2v) is 4.46. The number of halogens is 2. The summed E-state index contributed by atoms with van der Waals surface area (Å²) < 4.78 is 25.1. The second-order valence-electron chi connectivity index (χ2n) is 1.93. The van der Waals surface area contributed by atoms with Crippen molar-refractivity contribution >= 4 is 28.0 Å². The van der Waals surface area contributed by atoms with Gasteiger partial charge in [0.05, 0.1) is 0 Å². The van der Waals surface area contributed by atoms with Gasteiger partial charge in [0.1, 0.15) is 0 Å². The highest BCUT2D eigenvalue weighted by Gasteiger charge is 2.49. The summed E-state index contributed by atoms with van der Waals surface area (Å²) >= 11 is 0.893. The van der Waals surface area contributed by atoms with Crippen LogP contribution in [0.5, 0.6) is 0 Å². The molecule has 0 saturated carbocycles. The maximum Gasteiger partial charge on any atom is 0.252 e. The fourth-order valence-electron chi connectivity index (χ4n) is 0.614. The van der Waals surface area contributed by atoms with Gasteiger partial charge in [-0.1, -0.05) is 6.92 Å². The molecule has 1 heterocycles. The molecule has 0 aromatic rings. The van der Waals surface area contributed by atoms with Gasteiger partial charge < -0.3 is 0 Å². The van der Waals surface area contributed by atoms with Crippen molar-refractivity contribution in [3.8, 4) is 0 Å². The van der Waals surface area contributed by atoms with E-state index in [1.165, 1.54) is 6.92 Å². The molecule has 58 valence electrons. The molecule has 1 aliphatic heterocycles. The lowest BCUT2D eigenvalue weighted by Crippen LogP contribution is -2.22. The molecule has 1 nitrogen and oxygen atoms in total. The van der Waals surface area contributed by atoms with Crippen LogP contribution >= 0.6 is 23.5 Å². The number of carbonyl (C=O) groups is 1. The average molecular weight is 184 g/mol. The third-order valence-electron chi connectivity index (χ3n) is 1.27.